The number of anilines is 1. The van der Waals surface area contributed by atoms with Crippen molar-refractivity contribution < 1.29 is 13.2 Å². The van der Waals surface area contributed by atoms with Gasteiger partial charge in [0, 0.05) is 29.7 Å². The smallest absolute Gasteiger partial charge is 0.371 e. The highest BCUT2D eigenvalue weighted by Crippen LogP contribution is 2.38. The van der Waals surface area contributed by atoms with Crippen LogP contribution in [-0.4, -0.2) is 31.1 Å². The van der Waals surface area contributed by atoms with Gasteiger partial charge >= 0.3 is 6.18 Å². The minimum atomic E-state index is -4.15. The number of alkyl halides is 3. The Labute approximate surface area is 159 Å². The number of thioether (sulfide) groups is 1. The van der Waals surface area contributed by atoms with Gasteiger partial charge in [-0.3, -0.25) is 0 Å². The van der Waals surface area contributed by atoms with Gasteiger partial charge in [-0.15, -0.1) is 11.8 Å². The van der Waals surface area contributed by atoms with Crippen LogP contribution in [0, 0.1) is 0 Å². The van der Waals surface area contributed by atoms with Gasteiger partial charge < -0.3 is 10.6 Å². The summed E-state index contributed by atoms with van der Waals surface area (Å²) in [7, 11) is 0. The van der Waals surface area contributed by atoms with Crippen molar-refractivity contribution in [3.63, 3.8) is 0 Å². The molecule has 0 atom stereocenters. The van der Waals surface area contributed by atoms with Crippen molar-refractivity contribution >= 4 is 17.4 Å². The summed E-state index contributed by atoms with van der Waals surface area (Å²) in [6.45, 7) is 8.15. The Morgan fingerprint density at radius 3 is 2.31 bits per heavy atom. The fourth-order valence-electron chi connectivity index (χ4n) is 3.53. The lowest BCUT2D eigenvalue weighted by atomic mass is 9.95. The van der Waals surface area contributed by atoms with Crippen LogP contribution in [0.3, 0.4) is 0 Å². The van der Waals surface area contributed by atoms with Crippen LogP contribution < -0.4 is 10.6 Å². The predicted octanol–water partition coefficient (Wildman–Crippen LogP) is 5.73. The van der Waals surface area contributed by atoms with Crippen molar-refractivity contribution in [2.45, 2.75) is 75.9 Å². The van der Waals surface area contributed by atoms with E-state index < -0.39 is 11.9 Å². The molecule has 0 bridgehead atoms. The SMILES string of the molecule is CCc1cc(C(C)C)c(N2CCCC(N)CCC2)cc1SCC(F)(F)F. The van der Waals surface area contributed by atoms with Gasteiger partial charge in [-0.2, -0.15) is 13.2 Å². The van der Waals surface area contributed by atoms with Crippen LogP contribution in [0.15, 0.2) is 17.0 Å². The molecular weight excluding hydrogens is 357 g/mol. The molecule has 1 aromatic rings. The fourth-order valence-corrected chi connectivity index (χ4v) is 4.43. The van der Waals surface area contributed by atoms with Crippen molar-refractivity contribution in [1.29, 1.82) is 0 Å². The molecule has 0 aromatic heterocycles. The van der Waals surface area contributed by atoms with E-state index in [1.165, 1.54) is 5.56 Å². The lowest BCUT2D eigenvalue weighted by Crippen LogP contribution is -2.33. The molecule has 0 saturated carbocycles. The summed E-state index contributed by atoms with van der Waals surface area (Å²) >= 11 is 0.915. The third-order valence-corrected chi connectivity index (χ3v) is 6.11. The first-order valence-electron chi connectivity index (χ1n) is 9.58. The highest BCUT2D eigenvalue weighted by Gasteiger charge is 2.28. The first-order valence-corrected chi connectivity index (χ1v) is 10.6. The molecule has 6 heteroatoms. The van der Waals surface area contributed by atoms with E-state index in [-0.39, 0.29) is 6.04 Å². The first kappa shape index (κ1) is 21.4. The van der Waals surface area contributed by atoms with Crippen LogP contribution in [0.1, 0.15) is 63.5 Å². The predicted molar refractivity (Wildman–Crippen MR) is 105 cm³/mol. The standard InChI is InChI=1S/C20H31F3N2S/c1-4-15-11-17(14(2)3)18(12-19(15)26-13-20(21,22)23)25-9-5-7-16(24)8-6-10-25/h11-12,14,16H,4-10,13,24H2,1-3H3. The molecule has 2 rings (SSSR count). The van der Waals surface area contributed by atoms with Gasteiger partial charge in [-0.25, -0.2) is 0 Å². The van der Waals surface area contributed by atoms with Crippen LogP contribution in [0.25, 0.3) is 0 Å². The third-order valence-electron chi connectivity index (χ3n) is 4.95. The topological polar surface area (TPSA) is 29.3 Å². The van der Waals surface area contributed by atoms with Gasteiger partial charge in [-0.05, 0) is 55.2 Å². The van der Waals surface area contributed by atoms with Crippen molar-refractivity contribution in [3.05, 3.63) is 23.3 Å². The van der Waals surface area contributed by atoms with Gasteiger partial charge in [-0.1, -0.05) is 26.8 Å². The molecule has 0 radical (unpaired) electrons. The molecule has 1 aliphatic rings. The Hall–Kier alpha value is -0.880. The molecule has 0 aliphatic carbocycles. The van der Waals surface area contributed by atoms with E-state index in [4.69, 9.17) is 5.73 Å². The van der Waals surface area contributed by atoms with Crippen LogP contribution in [0.2, 0.25) is 0 Å². The molecule has 0 spiro atoms. The maximum Gasteiger partial charge on any atom is 0.398 e. The highest BCUT2D eigenvalue weighted by molar-refractivity contribution is 7.99. The Morgan fingerprint density at radius 1 is 1.19 bits per heavy atom. The maximum absolute atomic E-state index is 12.7. The number of hydrogen-bond acceptors (Lipinski definition) is 3. The second-order valence-electron chi connectivity index (χ2n) is 7.46. The molecule has 1 fully saturated rings. The van der Waals surface area contributed by atoms with E-state index in [0.717, 1.165) is 73.1 Å². The molecule has 148 valence electrons. The summed E-state index contributed by atoms with van der Waals surface area (Å²) in [6.07, 6.45) is 0.670. The van der Waals surface area contributed by atoms with E-state index in [1.807, 2.05) is 13.0 Å². The average molecular weight is 389 g/mol. The third kappa shape index (κ3) is 6.08. The Bertz CT molecular complexity index is 577. The minimum Gasteiger partial charge on any atom is -0.371 e. The van der Waals surface area contributed by atoms with Gasteiger partial charge in [0.25, 0.3) is 0 Å². The normalized spacial score (nSPS) is 17.5. The van der Waals surface area contributed by atoms with Crippen molar-refractivity contribution in [1.82, 2.24) is 0 Å². The van der Waals surface area contributed by atoms with E-state index in [1.54, 1.807) is 0 Å². The Kier molecular flexibility index (Phi) is 7.71. The van der Waals surface area contributed by atoms with Gasteiger partial charge in [0.15, 0.2) is 0 Å². The van der Waals surface area contributed by atoms with Gasteiger partial charge in [0.1, 0.15) is 0 Å². The van der Waals surface area contributed by atoms with Gasteiger partial charge in [0.05, 0.1) is 5.75 Å². The van der Waals surface area contributed by atoms with E-state index in [9.17, 15) is 13.2 Å². The van der Waals surface area contributed by atoms with Crippen LogP contribution in [0.5, 0.6) is 0 Å². The zero-order chi connectivity index (χ0) is 19.3. The number of nitrogens with zero attached hydrogens (tertiary/aromatic N) is 1. The first-order chi connectivity index (χ1) is 12.2. The molecule has 0 amide bonds. The molecule has 1 aliphatic heterocycles. The average Bonchev–Trinajstić information content (AvgIpc) is 2.54. The zero-order valence-electron chi connectivity index (χ0n) is 16.0. The number of halogens is 3. The molecule has 1 aromatic carbocycles. The molecular formula is C20H31F3N2S. The summed E-state index contributed by atoms with van der Waals surface area (Å²) in [5, 5.41) is 0. The van der Waals surface area contributed by atoms with Crippen molar-refractivity contribution in [2.24, 2.45) is 5.73 Å². The molecule has 1 saturated heterocycles. The second kappa shape index (κ2) is 9.36. The molecule has 2 nitrogen and oxygen atoms in total. The summed E-state index contributed by atoms with van der Waals surface area (Å²) in [5.74, 6) is -0.500. The molecule has 0 unspecified atom stereocenters. The zero-order valence-corrected chi connectivity index (χ0v) is 16.8. The summed E-state index contributed by atoms with van der Waals surface area (Å²) in [5.41, 5.74) is 9.44. The van der Waals surface area contributed by atoms with E-state index in [0.29, 0.717) is 5.92 Å². The van der Waals surface area contributed by atoms with Crippen LogP contribution in [0.4, 0.5) is 18.9 Å². The van der Waals surface area contributed by atoms with Gasteiger partial charge in [0.2, 0.25) is 0 Å². The molecule has 1 heterocycles. The number of rotatable bonds is 5. The summed E-state index contributed by atoms with van der Waals surface area (Å²) in [4.78, 5) is 3.13. The Balaban J connectivity index is 2.34. The molecule has 2 N–H and O–H groups in total. The fraction of sp³-hybridized carbons (Fsp3) is 0.700. The summed E-state index contributed by atoms with van der Waals surface area (Å²) < 4.78 is 38.2. The van der Waals surface area contributed by atoms with E-state index in [2.05, 4.69) is 24.8 Å². The monoisotopic (exact) mass is 388 g/mol. The van der Waals surface area contributed by atoms with Crippen molar-refractivity contribution in [2.75, 3.05) is 23.7 Å². The number of nitrogens with two attached hydrogens (primary N) is 1. The lowest BCUT2D eigenvalue weighted by molar-refractivity contribution is -0.105. The Morgan fingerprint density at radius 2 is 1.81 bits per heavy atom. The van der Waals surface area contributed by atoms with Crippen LogP contribution >= 0.6 is 11.8 Å². The van der Waals surface area contributed by atoms with E-state index >= 15 is 0 Å². The van der Waals surface area contributed by atoms with Crippen LogP contribution in [-0.2, 0) is 6.42 Å². The maximum atomic E-state index is 12.7. The lowest BCUT2D eigenvalue weighted by Gasteiger charge is -2.32. The largest absolute Gasteiger partial charge is 0.398 e. The number of hydrogen-bond donors (Lipinski definition) is 1. The van der Waals surface area contributed by atoms with Crippen molar-refractivity contribution in [3.8, 4) is 0 Å². The highest BCUT2D eigenvalue weighted by atomic mass is 32.2. The number of benzene rings is 1. The molecule has 26 heavy (non-hydrogen) atoms. The minimum absolute atomic E-state index is 0.280. The summed E-state index contributed by atoms with van der Waals surface area (Å²) in [6, 6.07) is 4.41. The second-order valence-corrected chi connectivity index (χ2v) is 8.48. The quantitative estimate of drug-likeness (QED) is 0.653. The number of aryl methyl sites for hydroxylation is 1.